The Balaban J connectivity index is 1.69. The molecule has 0 spiro atoms. The lowest BCUT2D eigenvalue weighted by Gasteiger charge is -2.38. The van der Waals surface area contributed by atoms with Crippen molar-refractivity contribution in [1.29, 1.82) is 0 Å². The first kappa shape index (κ1) is 18.1. The standard InChI is InChI=1S/C20H31N3O2/c1-21-19(23-17-5-3-4-6-17)22-15-20(11-13-25-14-12-20)16-7-9-18(24-2)10-8-16/h7-10,17H,3-6,11-15H2,1-2H3,(H2,21,22,23). The number of aliphatic imine (C=N–C) groups is 1. The van der Waals surface area contributed by atoms with E-state index in [9.17, 15) is 0 Å². The lowest BCUT2D eigenvalue weighted by atomic mass is 9.74. The number of methoxy groups -OCH3 is 1. The van der Waals surface area contributed by atoms with Crippen molar-refractivity contribution in [2.24, 2.45) is 4.99 Å². The molecule has 5 heteroatoms. The molecule has 0 bridgehead atoms. The monoisotopic (exact) mass is 345 g/mol. The van der Waals surface area contributed by atoms with Crippen LogP contribution in [0.1, 0.15) is 44.1 Å². The maximum absolute atomic E-state index is 5.63. The second-order valence-corrected chi connectivity index (χ2v) is 7.17. The highest BCUT2D eigenvalue weighted by molar-refractivity contribution is 5.80. The van der Waals surface area contributed by atoms with Gasteiger partial charge in [0.05, 0.1) is 7.11 Å². The minimum absolute atomic E-state index is 0.0812. The van der Waals surface area contributed by atoms with Crippen LogP contribution in [0.4, 0.5) is 0 Å². The molecule has 1 aliphatic carbocycles. The van der Waals surface area contributed by atoms with E-state index in [4.69, 9.17) is 9.47 Å². The third-order valence-electron chi connectivity index (χ3n) is 5.67. The number of ether oxygens (including phenoxy) is 2. The second-order valence-electron chi connectivity index (χ2n) is 7.17. The van der Waals surface area contributed by atoms with Gasteiger partial charge in [-0.15, -0.1) is 0 Å². The molecular weight excluding hydrogens is 314 g/mol. The third kappa shape index (κ3) is 4.46. The Labute approximate surface area is 151 Å². The molecule has 0 atom stereocenters. The van der Waals surface area contributed by atoms with Gasteiger partial charge in [-0.3, -0.25) is 4.99 Å². The van der Waals surface area contributed by atoms with E-state index in [-0.39, 0.29) is 5.41 Å². The highest BCUT2D eigenvalue weighted by Crippen LogP contribution is 2.35. The van der Waals surface area contributed by atoms with Crippen LogP contribution in [0.2, 0.25) is 0 Å². The normalized spacial score (nSPS) is 21.1. The highest BCUT2D eigenvalue weighted by Gasteiger charge is 2.34. The summed E-state index contributed by atoms with van der Waals surface area (Å²) in [6, 6.07) is 9.06. The van der Waals surface area contributed by atoms with Gasteiger partial charge in [0.15, 0.2) is 5.96 Å². The summed E-state index contributed by atoms with van der Waals surface area (Å²) >= 11 is 0. The molecule has 1 aromatic carbocycles. The smallest absolute Gasteiger partial charge is 0.191 e. The Morgan fingerprint density at radius 2 is 1.88 bits per heavy atom. The van der Waals surface area contributed by atoms with E-state index in [1.807, 2.05) is 7.05 Å². The fourth-order valence-electron chi connectivity index (χ4n) is 3.99. The lowest BCUT2D eigenvalue weighted by molar-refractivity contribution is 0.0513. The van der Waals surface area contributed by atoms with Crippen LogP contribution in [0.5, 0.6) is 5.75 Å². The fraction of sp³-hybridized carbons (Fsp3) is 0.650. The van der Waals surface area contributed by atoms with Crippen LogP contribution >= 0.6 is 0 Å². The maximum atomic E-state index is 5.63. The van der Waals surface area contributed by atoms with E-state index < -0.39 is 0 Å². The van der Waals surface area contributed by atoms with Crippen LogP contribution in [-0.4, -0.2) is 45.9 Å². The number of hydrogen-bond acceptors (Lipinski definition) is 3. The highest BCUT2D eigenvalue weighted by atomic mass is 16.5. The summed E-state index contributed by atoms with van der Waals surface area (Å²) in [6.07, 6.45) is 7.18. The minimum atomic E-state index is 0.0812. The van der Waals surface area contributed by atoms with Crippen molar-refractivity contribution < 1.29 is 9.47 Å². The van der Waals surface area contributed by atoms with E-state index in [0.717, 1.165) is 44.3 Å². The average molecular weight is 345 g/mol. The first-order valence-corrected chi connectivity index (χ1v) is 9.45. The molecule has 1 aromatic rings. The van der Waals surface area contributed by atoms with Crippen molar-refractivity contribution in [2.45, 2.75) is 50.0 Å². The molecule has 0 aromatic heterocycles. The minimum Gasteiger partial charge on any atom is -0.497 e. The van der Waals surface area contributed by atoms with Gasteiger partial charge in [0.1, 0.15) is 5.75 Å². The first-order valence-electron chi connectivity index (χ1n) is 9.45. The van der Waals surface area contributed by atoms with Gasteiger partial charge in [-0.1, -0.05) is 25.0 Å². The molecule has 0 radical (unpaired) electrons. The SMILES string of the molecule is CN=C(NCC1(c2ccc(OC)cc2)CCOCC1)NC1CCCC1. The summed E-state index contributed by atoms with van der Waals surface area (Å²) in [5.74, 6) is 1.82. The van der Waals surface area contributed by atoms with Gasteiger partial charge in [0, 0.05) is 38.3 Å². The Kier molecular flexibility index (Phi) is 6.19. The summed E-state index contributed by atoms with van der Waals surface area (Å²) < 4.78 is 10.9. The number of guanidine groups is 1. The summed E-state index contributed by atoms with van der Waals surface area (Å²) in [6.45, 7) is 2.49. The van der Waals surface area contributed by atoms with Gasteiger partial charge in [0.2, 0.25) is 0 Å². The van der Waals surface area contributed by atoms with Crippen LogP contribution < -0.4 is 15.4 Å². The van der Waals surface area contributed by atoms with Crippen LogP contribution in [0.3, 0.4) is 0 Å². The topological polar surface area (TPSA) is 54.9 Å². The summed E-state index contributed by atoms with van der Waals surface area (Å²) in [5, 5.41) is 7.17. The zero-order valence-corrected chi connectivity index (χ0v) is 15.5. The molecule has 25 heavy (non-hydrogen) atoms. The van der Waals surface area contributed by atoms with E-state index >= 15 is 0 Å². The predicted molar refractivity (Wildman–Crippen MR) is 101 cm³/mol. The van der Waals surface area contributed by atoms with E-state index in [0.29, 0.717) is 6.04 Å². The predicted octanol–water partition coefficient (Wildman–Crippen LogP) is 2.85. The Morgan fingerprint density at radius 1 is 1.20 bits per heavy atom. The fourth-order valence-corrected chi connectivity index (χ4v) is 3.99. The van der Waals surface area contributed by atoms with E-state index in [2.05, 4.69) is 39.9 Å². The van der Waals surface area contributed by atoms with Gasteiger partial charge in [-0.05, 0) is 43.4 Å². The molecule has 0 amide bonds. The van der Waals surface area contributed by atoms with E-state index in [1.165, 1.54) is 31.2 Å². The maximum Gasteiger partial charge on any atom is 0.191 e. The van der Waals surface area contributed by atoms with Crippen molar-refractivity contribution >= 4 is 5.96 Å². The van der Waals surface area contributed by atoms with Gasteiger partial charge < -0.3 is 20.1 Å². The van der Waals surface area contributed by atoms with Crippen molar-refractivity contribution in [3.63, 3.8) is 0 Å². The quantitative estimate of drug-likeness (QED) is 0.636. The molecule has 3 rings (SSSR count). The summed E-state index contributed by atoms with van der Waals surface area (Å²) in [7, 11) is 3.56. The number of nitrogens with zero attached hydrogens (tertiary/aromatic N) is 1. The molecule has 2 aliphatic rings. The number of hydrogen-bond donors (Lipinski definition) is 2. The number of benzene rings is 1. The zero-order chi connectivity index (χ0) is 17.5. The number of nitrogens with one attached hydrogen (secondary N) is 2. The van der Waals surface area contributed by atoms with Crippen molar-refractivity contribution in [3.05, 3.63) is 29.8 Å². The lowest BCUT2D eigenvalue weighted by Crippen LogP contribution is -2.49. The average Bonchev–Trinajstić information content (AvgIpc) is 3.19. The van der Waals surface area contributed by atoms with Crippen molar-refractivity contribution in [2.75, 3.05) is 33.9 Å². The van der Waals surface area contributed by atoms with Gasteiger partial charge in [0.25, 0.3) is 0 Å². The third-order valence-corrected chi connectivity index (χ3v) is 5.67. The molecule has 2 fully saturated rings. The molecule has 5 nitrogen and oxygen atoms in total. The van der Waals surface area contributed by atoms with Gasteiger partial charge >= 0.3 is 0 Å². The largest absolute Gasteiger partial charge is 0.497 e. The summed E-state index contributed by atoms with van der Waals surface area (Å²) in [5.41, 5.74) is 1.43. The van der Waals surface area contributed by atoms with E-state index in [1.54, 1.807) is 7.11 Å². The van der Waals surface area contributed by atoms with Gasteiger partial charge in [-0.25, -0.2) is 0 Å². The van der Waals surface area contributed by atoms with Crippen LogP contribution in [0.15, 0.2) is 29.3 Å². The molecule has 1 saturated carbocycles. The molecule has 1 heterocycles. The Morgan fingerprint density at radius 3 is 2.48 bits per heavy atom. The summed E-state index contributed by atoms with van der Waals surface area (Å²) in [4.78, 5) is 4.43. The van der Waals surface area contributed by atoms with Crippen LogP contribution in [0, 0.1) is 0 Å². The molecule has 0 unspecified atom stereocenters. The molecule has 1 aliphatic heterocycles. The molecule has 138 valence electrons. The molecule has 2 N–H and O–H groups in total. The zero-order valence-electron chi connectivity index (χ0n) is 15.5. The number of rotatable bonds is 5. The van der Waals surface area contributed by atoms with Crippen molar-refractivity contribution in [1.82, 2.24) is 10.6 Å². The van der Waals surface area contributed by atoms with Gasteiger partial charge in [-0.2, -0.15) is 0 Å². The first-order chi connectivity index (χ1) is 12.3. The van der Waals surface area contributed by atoms with Crippen LogP contribution in [0.25, 0.3) is 0 Å². The second kappa shape index (κ2) is 8.56. The molecular formula is C20H31N3O2. The Bertz CT molecular complexity index is 559. The van der Waals surface area contributed by atoms with Crippen LogP contribution in [-0.2, 0) is 10.2 Å². The van der Waals surface area contributed by atoms with Crippen molar-refractivity contribution in [3.8, 4) is 5.75 Å². The molecule has 1 saturated heterocycles. The Hall–Kier alpha value is -1.75.